The average Bonchev–Trinajstić information content (AvgIpc) is 3.07. The first-order valence-corrected chi connectivity index (χ1v) is 13.8. The molecule has 9 heteroatoms. The zero-order valence-electron chi connectivity index (χ0n) is 23.7. The number of ether oxygens (including phenoxy) is 3. The van der Waals surface area contributed by atoms with Crippen LogP contribution in [0.15, 0.2) is 132 Å². The van der Waals surface area contributed by atoms with Crippen LogP contribution >= 0.6 is 0 Å². The van der Waals surface area contributed by atoms with Crippen molar-refractivity contribution < 1.29 is 23.9 Å². The molecule has 1 N–H and O–H groups in total. The molecular weight excluding hydrogens is 558 g/mol. The molecule has 0 radical (unpaired) electrons. The van der Waals surface area contributed by atoms with Crippen LogP contribution in [0.5, 0.6) is 17.2 Å². The highest BCUT2D eigenvalue weighted by Gasteiger charge is 2.20. The van der Waals surface area contributed by atoms with E-state index < -0.39 is 10.8 Å². The molecular formula is C35H29N3O6. The Labute approximate surface area is 254 Å². The van der Waals surface area contributed by atoms with E-state index in [1.807, 2.05) is 91.0 Å². The van der Waals surface area contributed by atoms with Crippen molar-refractivity contribution in [2.24, 2.45) is 5.10 Å². The van der Waals surface area contributed by atoms with Crippen molar-refractivity contribution in [3.63, 3.8) is 0 Å². The fraction of sp³-hybridized carbons (Fsp3) is 0.0857. The molecule has 0 aliphatic carbocycles. The Morgan fingerprint density at radius 3 is 1.68 bits per heavy atom. The van der Waals surface area contributed by atoms with E-state index >= 15 is 0 Å². The summed E-state index contributed by atoms with van der Waals surface area (Å²) in [5.74, 6) is 0.471. The van der Waals surface area contributed by atoms with Gasteiger partial charge in [-0.05, 0) is 28.8 Å². The Balaban J connectivity index is 1.45. The molecule has 44 heavy (non-hydrogen) atoms. The van der Waals surface area contributed by atoms with Gasteiger partial charge in [0.05, 0.1) is 11.1 Å². The lowest BCUT2D eigenvalue weighted by Crippen LogP contribution is -2.18. The van der Waals surface area contributed by atoms with Gasteiger partial charge in [0.2, 0.25) is 5.75 Å². The molecule has 9 nitrogen and oxygen atoms in total. The predicted molar refractivity (Wildman–Crippen MR) is 167 cm³/mol. The van der Waals surface area contributed by atoms with Gasteiger partial charge in [-0.1, -0.05) is 103 Å². The van der Waals surface area contributed by atoms with Crippen LogP contribution in [0.4, 0.5) is 5.69 Å². The highest BCUT2D eigenvalue weighted by molar-refractivity contribution is 5.96. The van der Waals surface area contributed by atoms with Crippen LogP contribution in [0.1, 0.15) is 32.6 Å². The summed E-state index contributed by atoms with van der Waals surface area (Å²) in [5.41, 5.74) is 5.91. The Morgan fingerprint density at radius 2 is 1.18 bits per heavy atom. The van der Waals surface area contributed by atoms with Gasteiger partial charge in [0.15, 0.2) is 11.5 Å². The molecule has 0 saturated carbocycles. The SMILES string of the molecule is O=C(N/N=C\c1cccc([N+](=O)[O-])c1)c1cc(OCc2ccccc2)c(OCc2ccccc2)c(OCc2ccccc2)c1. The quantitative estimate of drug-likeness (QED) is 0.0894. The van der Waals surface area contributed by atoms with Crippen molar-refractivity contribution in [3.05, 3.63) is 165 Å². The number of nitro groups is 1. The molecule has 5 aromatic rings. The third-order valence-corrected chi connectivity index (χ3v) is 6.44. The lowest BCUT2D eigenvalue weighted by atomic mass is 10.1. The van der Waals surface area contributed by atoms with E-state index in [1.165, 1.54) is 18.3 Å². The lowest BCUT2D eigenvalue weighted by molar-refractivity contribution is -0.384. The fourth-order valence-corrected chi connectivity index (χ4v) is 4.21. The number of non-ortho nitro benzene ring substituents is 1. The molecule has 0 aromatic heterocycles. The molecule has 0 atom stereocenters. The maximum atomic E-state index is 13.3. The highest BCUT2D eigenvalue weighted by atomic mass is 16.6. The summed E-state index contributed by atoms with van der Waals surface area (Å²) in [4.78, 5) is 23.9. The van der Waals surface area contributed by atoms with Crippen LogP contribution < -0.4 is 19.6 Å². The highest BCUT2D eigenvalue weighted by Crippen LogP contribution is 2.40. The molecule has 0 aliphatic rings. The normalized spacial score (nSPS) is 10.7. The van der Waals surface area contributed by atoms with Gasteiger partial charge in [-0.3, -0.25) is 14.9 Å². The summed E-state index contributed by atoms with van der Waals surface area (Å²) in [7, 11) is 0. The first kappa shape index (κ1) is 29.5. The number of hydrogen-bond donors (Lipinski definition) is 1. The minimum absolute atomic E-state index is 0.0771. The third-order valence-electron chi connectivity index (χ3n) is 6.44. The number of rotatable bonds is 13. The number of hydrazone groups is 1. The van der Waals surface area contributed by atoms with E-state index in [0.29, 0.717) is 22.8 Å². The van der Waals surface area contributed by atoms with E-state index in [2.05, 4.69) is 10.5 Å². The van der Waals surface area contributed by atoms with E-state index in [0.717, 1.165) is 16.7 Å². The zero-order valence-corrected chi connectivity index (χ0v) is 23.7. The van der Waals surface area contributed by atoms with Gasteiger partial charge in [0, 0.05) is 23.3 Å². The van der Waals surface area contributed by atoms with Crippen molar-refractivity contribution in [1.29, 1.82) is 0 Å². The monoisotopic (exact) mass is 587 g/mol. The number of amides is 1. The van der Waals surface area contributed by atoms with Gasteiger partial charge in [0.1, 0.15) is 19.8 Å². The number of nitrogens with zero attached hydrogens (tertiary/aromatic N) is 2. The molecule has 0 aliphatic heterocycles. The van der Waals surface area contributed by atoms with Crippen molar-refractivity contribution in [1.82, 2.24) is 5.43 Å². The van der Waals surface area contributed by atoms with E-state index in [9.17, 15) is 14.9 Å². The summed E-state index contributed by atoms with van der Waals surface area (Å²) in [6.45, 7) is 0.719. The van der Waals surface area contributed by atoms with Gasteiger partial charge in [-0.2, -0.15) is 5.10 Å². The second-order valence-corrected chi connectivity index (χ2v) is 9.68. The average molecular weight is 588 g/mol. The second-order valence-electron chi connectivity index (χ2n) is 9.68. The van der Waals surface area contributed by atoms with Crippen molar-refractivity contribution >= 4 is 17.8 Å². The van der Waals surface area contributed by atoms with Crippen LogP contribution in [0.25, 0.3) is 0 Å². The minimum Gasteiger partial charge on any atom is -0.485 e. The van der Waals surface area contributed by atoms with Crippen molar-refractivity contribution in [2.45, 2.75) is 19.8 Å². The van der Waals surface area contributed by atoms with Gasteiger partial charge in [-0.25, -0.2) is 5.43 Å². The maximum absolute atomic E-state index is 13.3. The van der Waals surface area contributed by atoms with Crippen LogP contribution in [0.3, 0.4) is 0 Å². The maximum Gasteiger partial charge on any atom is 0.271 e. The number of carbonyl (C=O) groups is 1. The summed E-state index contributed by atoms with van der Waals surface area (Å²) in [6.07, 6.45) is 1.34. The predicted octanol–water partition coefficient (Wildman–Crippen LogP) is 7.10. The van der Waals surface area contributed by atoms with E-state index in [-0.39, 0.29) is 31.1 Å². The number of carbonyl (C=O) groups excluding carboxylic acids is 1. The summed E-state index contributed by atoms with van der Waals surface area (Å²) in [6, 6.07) is 38.1. The Kier molecular flexibility index (Phi) is 9.92. The Bertz CT molecular complexity index is 1660. The van der Waals surface area contributed by atoms with Crippen LogP contribution in [-0.4, -0.2) is 17.0 Å². The molecule has 0 fully saturated rings. The zero-order chi connectivity index (χ0) is 30.6. The van der Waals surface area contributed by atoms with Gasteiger partial charge < -0.3 is 14.2 Å². The summed E-state index contributed by atoms with van der Waals surface area (Å²) >= 11 is 0. The second kappa shape index (κ2) is 14.8. The lowest BCUT2D eigenvalue weighted by Gasteiger charge is -2.19. The topological polar surface area (TPSA) is 112 Å². The summed E-state index contributed by atoms with van der Waals surface area (Å²) < 4.78 is 18.7. The van der Waals surface area contributed by atoms with E-state index in [4.69, 9.17) is 14.2 Å². The molecule has 220 valence electrons. The minimum atomic E-state index is -0.532. The molecule has 0 spiro atoms. The first-order valence-electron chi connectivity index (χ1n) is 13.8. The van der Waals surface area contributed by atoms with Crippen LogP contribution in [-0.2, 0) is 19.8 Å². The Morgan fingerprint density at radius 1 is 0.682 bits per heavy atom. The molecule has 0 bridgehead atoms. The van der Waals surface area contributed by atoms with E-state index in [1.54, 1.807) is 24.3 Å². The molecule has 0 saturated heterocycles. The first-order chi connectivity index (χ1) is 21.5. The largest absolute Gasteiger partial charge is 0.485 e. The molecule has 1 amide bonds. The Hall–Kier alpha value is -5.96. The number of nitro benzene ring substituents is 1. The molecule has 5 aromatic carbocycles. The van der Waals surface area contributed by atoms with Crippen molar-refractivity contribution in [3.8, 4) is 17.2 Å². The molecule has 0 unspecified atom stereocenters. The van der Waals surface area contributed by atoms with Crippen LogP contribution in [0.2, 0.25) is 0 Å². The smallest absolute Gasteiger partial charge is 0.271 e. The van der Waals surface area contributed by atoms with Gasteiger partial charge >= 0.3 is 0 Å². The van der Waals surface area contributed by atoms with Crippen molar-refractivity contribution in [2.75, 3.05) is 0 Å². The molecule has 5 rings (SSSR count). The fourth-order valence-electron chi connectivity index (χ4n) is 4.21. The number of nitrogens with one attached hydrogen (secondary N) is 1. The number of hydrogen-bond acceptors (Lipinski definition) is 7. The third kappa shape index (κ3) is 8.29. The van der Waals surface area contributed by atoms with Crippen LogP contribution in [0, 0.1) is 10.1 Å². The van der Waals surface area contributed by atoms with Gasteiger partial charge in [-0.15, -0.1) is 0 Å². The molecule has 0 heterocycles. The number of benzene rings is 5. The summed E-state index contributed by atoms with van der Waals surface area (Å²) in [5, 5.41) is 15.1. The van der Waals surface area contributed by atoms with Gasteiger partial charge in [0.25, 0.3) is 11.6 Å². The standard InChI is InChI=1S/C35H29N3O6/c39-35(37-36-22-29-17-10-18-31(19-29)38(40)41)30-20-32(42-23-26-11-4-1-5-12-26)34(44-25-28-15-8-3-9-16-28)33(21-30)43-24-27-13-6-2-7-14-27/h1-22H,23-25H2,(H,37,39)/b36-22-.